The summed E-state index contributed by atoms with van der Waals surface area (Å²) in [5.41, 5.74) is 5.81. The summed E-state index contributed by atoms with van der Waals surface area (Å²) in [5, 5.41) is 3.01. The first-order valence-electron chi connectivity index (χ1n) is 5.72. The molecule has 88 valence electrons. The number of carbonyl (C=O) groups excluding carboxylic acids is 1. The second kappa shape index (κ2) is 4.69. The zero-order valence-electron chi connectivity index (χ0n) is 11.1. The van der Waals surface area contributed by atoms with Gasteiger partial charge in [-0.15, -0.1) is 0 Å². The number of carbonyl (C=O) groups is 1. The topological polar surface area (TPSA) is 29.1 Å². The van der Waals surface area contributed by atoms with E-state index in [2.05, 4.69) is 32.2 Å². The zero-order chi connectivity index (χ0) is 12.5. The first-order valence-corrected chi connectivity index (χ1v) is 5.72. The largest absolute Gasteiger partial charge is 0.325 e. The third-order valence-electron chi connectivity index (χ3n) is 3.13. The minimum atomic E-state index is 0.0143. The van der Waals surface area contributed by atoms with Crippen LogP contribution in [0.5, 0.6) is 0 Å². The highest BCUT2D eigenvalue weighted by Crippen LogP contribution is 2.26. The van der Waals surface area contributed by atoms with Crippen molar-refractivity contribution in [3.63, 3.8) is 0 Å². The third kappa shape index (κ3) is 2.43. The molecular formula is C14H21NO. The van der Waals surface area contributed by atoms with E-state index in [1.807, 2.05) is 20.8 Å². The average Bonchev–Trinajstić information content (AvgIpc) is 2.20. The maximum absolute atomic E-state index is 11.7. The monoisotopic (exact) mass is 219 g/mol. The number of anilines is 1. The summed E-state index contributed by atoms with van der Waals surface area (Å²) in [6.45, 7) is 12.1. The van der Waals surface area contributed by atoms with Crippen LogP contribution in [-0.4, -0.2) is 5.91 Å². The van der Waals surface area contributed by atoms with Gasteiger partial charge >= 0.3 is 0 Å². The SMILES string of the molecule is Cc1cc(C)c(NC(=O)C(C)C)c(C)c1C. The molecule has 0 heterocycles. The fraction of sp³-hybridized carbons (Fsp3) is 0.500. The van der Waals surface area contributed by atoms with Crippen molar-refractivity contribution in [1.82, 2.24) is 0 Å². The predicted octanol–water partition coefficient (Wildman–Crippen LogP) is 3.51. The molecule has 1 rings (SSSR count). The van der Waals surface area contributed by atoms with E-state index in [0.29, 0.717) is 0 Å². The van der Waals surface area contributed by atoms with E-state index in [-0.39, 0.29) is 11.8 Å². The van der Waals surface area contributed by atoms with Gasteiger partial charge in [0.25, 0.3) is 0 Å². The lowest BCUT2D eigenvalue weighted by Crippen LogP contribution is -2.19. The Morgan fingerprint density at radius 2 is 1.62 bits per heavy atom. The molecule has 0 spiro atoms. The third-order valence-corrected chi connectivity index (χ3v) is 3.13. The number of aryl methyl sites for hydroxylation is 2. The number of rotatable bonds is 2. The molecule has 1 amide bonds. The van der Waals surface area contributed by atoms with Gasteiger partial charge in [-0.05, 0) is 49.9 Å². The van der Waals surface area contributed by atoms with Crippen LogP contribution in [0.1, 0.15) is 36.1 Å². The summed E-state index contributed by atoms with van der Waals surface area (Å²) in [5.74, 6) is 0.0925. The maximum atomic E-state index is 11.7. The van der Waals surface area contributed by atoms with E-state index >= 15 is 0 Å². The second-order valence-electron chi connectivity index (χ2n) is 4.78. The molecule has 0 aliphatic heterocycles. The van der Waals surface area contributed by atoms with Gasteiger partial charge < -0.3 is 5.32 Å². The smallest absolute Gasteiger partial charge is 0.226 e. The number of hydrogen-bond donors (Lipinski definition) is 1. The van der Waals surface area contributed by atoms with Gasteiger partial charge in [0.1, 0.15) is 0 Å². The molecule has 0 radical (unpaired) electrons. The maximum Gasteiger partial charge on any atom is 0.226 e. The van der Waals surface area contributed by atoms with Crippen LogP contribution in [0.3, 0.4) is 0 Å². The zero-order valence-corrected chi connectivity index (χ0v) is 11.1. The minimum absolute atomic E-state index is 0.0143. The van der Waals surface area contributed by atoms with Gasteiger partial charge in [-0.1, -0.05) is 19.9 Å². The Labute approximate surface area is 98.1 Å². The number of nitrogens with one attached hydrogen (secondary N) is 1. The minimum Gasteiger partial charge on any atom is -0.325 e. The van der Waals surface area contributed by atoms with Crippen molar-refractivity contribution in [3.05, 3.63) is 28.3 Å². The summed E-state index contributed by atoms with van der Waals surface area (Å²) >= 11 is 0. The first-order chi connectivity index (χ1) is 7.34. The Morgan fingerprint density at radius 1 is 1.06 bits per heavy atom. The summed E-state index contributed by atoms with van der Waals surface area (Å²) < 4.78 is 0. The molecular weight excluding hydrogens is 198 g/mol. The van der Waals surface area contributed by atoms with Crippen molar-refractivity contribution in [2.75, 3.05) is 5.32 Å². The molecule has 0 saturated heterocycles. The van der Waals surface area contributed by atoms with Crippen molar-refractivity contribution >= 4 is 11.6 Å². The van der Waals surface area contributed by atoms with Gasteiger partial charge in [-0.3, -0.25) is 4.79 Å². The fourth-order valence-corrected chi connectivity index (χ4v) is 1.74. The molecule has 0 bridgehead atoms. The van der Waals surface area contributed by atoms with Crippen LogP contribution in [-0.2, 0) is 4.79 Å². The molecule has 0 aliphatic carbocycles. The molecule has 0 aromatic heterocycles. The summed E-state index contributed by atoms with van der Waals surface area (Å²) in [6.07, 6.45) is 0. The van der Waals surface area contributed by atoms with E-state index in [0.717, 1.165) is 11.3 Å². The summed E-state index contributed by atoms with van der Waals surface area (Å²) in [4.78, 5) is 11.7. The molecule has 1 aromatic rings. The van der Waals surface area contributed by atoms with Crippen molar-refractivity contribution in [3.8, 4) is 0 Å². The molecule has 0 saturated carbocycles. The Balaban J connectivity index is 3.15. The highest BCUT2D eigenvalue weighted by atomic mass is 16.1. The van der Waals surface area contributed by atoms with E-state index in [4.69, 9.17) is 0 Å². The van der Waals surface area contributed by atoms with Crippen molar-refractivity contribution < 1.29 is 4.79 Å². The van der Waals surface area contributed by atoms with Crippen LogP contribution in [0.15, 0.2) is 6.07 Å². The lowest BCUT2D eigenvalue weighted by molar-refractivity contribution is -0.118. The predicted molar refractivity (Wildman–Crippen MR) is 68.9 cm³/mol. The van der Waals surface area contributed by atoms with Gasteiger partial charge in [0.05, 0.1) is 0 Å². The Kier molecular flexibility index (Phi) is 3.74. The lowest BCUT2D eigenvalue weighted by atomic mass is 9.98. The number of hydrogen-bond acceptors (Lipinski definition) is 1. The van der Waals surface area contributed by atoms with Crippen LogP contribution < -0.4 is 5.32 Å². The van der Waals surface area contributed by atoms with Crippen molar-refractivity contribution in [2.45, 2.75) is 41.5 Å². The summed E-state index contributed by atoms with van der Waals surface area (Å²) in [7, 11) is 0. The van der Waals surface area contributed by atoms with Gasteiger partial charge in [0, 0.05) is 11.6 Å². The Hall–Kier alpha value is -1.31. The second-order valence-corrected chi connectivity index (χ2v) is 4.78. The fourth-order valence-electron chi connectivity index (χ4n) is 1.74. The Morgan fingerprint density at radius 3 is 2.12 bits per heavy atom. The highest BCUT2D eigenvalue weighted by molar-refractivity contribution is 5.93. The van der Waals surface area contributed by atoms with Crippen LogP contribution >= 0.6 is 0 Å². The van der Waals surface area contributed by atoms with Crippen molar-refractivity contribution in [1.29, 1.82) is 0 Å². The normalized spacial score (nSPS) is 10.7. The molecule has 16 heavy (non-hydrogen) atoms. The van der Waals surface area contributed by atoms with E-state index < -0.39 is 0 Å². The highest BCUT2D eigenvalue weighted by Gasteiger charge is 2.12. The van der Waals surface area contributed by atoms with Crippen molar-refractivity contribution in [2.24, 2.45) is 5.92 Å². The molecule has 0 unspecified atom stereocenters. The molecule has 1 N–H and O–H groups in total. The molecule has 0 aliphatic rings. The van der Waals surface area contributed by atoms with E-state index in [1.165, 1.54) is 16.7 Å². The van der Waals surface area contributed by atoms with Crippen LogP contribution in [0.2, 0.25) is 0 Å². The van der Waals surface area contributed by atoms with E-state index in [1.54, 1.807) is 0 Å². The van der Waals surface area contributed by atoms with E-state index in [9.17, 15) is 4.79 Å². The number of amides is 1. The van der Waals surface area contributed by atoms with Crippen LogP contribution in [0.25, 0.3) is 0 Å². The van der Waals surface area contributed by atoms with Crippen LogP contribution in [0, 0.1) is 33.6 Å². The van der Waals surface area contributed by atoms with Gasteiger partial charge in [0.2, 0.25) is 5.91 Å². The molecule has 1 aromatic carbocycles. The lowest BCUT2D eigenvalue weighted by Gasteiger charge is -2.17. The average molecular weight is 219 g/mol. The molecule has 0 atom stereocenters. The molecule has 2 heteroatoms. The molecule has 2 nitrogen and oxygen atoms in total. The standard InChI is InChI=1S/C14H21NO/c1-8(2)14(16)15-13-10(4)7-9(3)11(5)12(13)6/h7-8H,1-6H3,(H,15,16). The quantitative estimate of drug-likeness (QED) is 0.810. The Bertz CT molecular complexity index is 419. The van der Waals surface area contributed by atoms with Gasteiger partial charge in [-0.2, -0.15) is 0 Å². The van der Waals surface area contributed by atoms with Gasteiger partial charge in [0.15, 0.2) is 0 Å². The number of benzene rings is 1. The first kappa shape index (κ1) is 12.8. The van der Waals surface area contributed by atoms with Gasteiger partial charge in [-0.25, -0.2) is 0 Å². The summed E-state index contributed by atoms with van der Waals surface area (Å²) in [6, 6.07) is 2.12. The molecule has 0 fully saturated rings. The van der Waals surface area contributed by atoms with Crippen LogP contribution in [0.4, 0.5) is 5.69 Å².